The van der Waals surface area contributed by atoms with Gasteiger partial charge in [0.15, 0.2) is 5.82 Å². The smallest absolute Gasteiger partial charge is 0.239 e. The van der Waals surface area contributed by atoms with E-state index in [9.17, 15) is 10.1 Å². The Hall–Kier alpha value is -3.51. The quantitative estimate of drug-likeness (QED) is 0.725. The summed E-state index contributed by atoms with van der Waals surface area (Å²) in [7, 11) is 0. The standard InChI is InChI=1S/C19H20N8O/c20-10-15-11-22-27(17-4-2-1-3-5-17)19(15)24-18(28)12-25-8-6-16(7-9-25)26-14-21-13-23-26/h1-5,11,13-14,16H,6-9,12H2,(H,24,28). The monoisotopic (exact) mass is 376 g/mol. The van der Waals surface area contributed by atoms with Crippen LogP contribution in [-0.4, -0.2) is 55.0 Å². The van der Waals surface area contributed by atoms with Crippen molar-refractivity contribution in [3.05, 3.63) is 54.7 Å². The maximum Gasteiger partial charge on any atom is 0.239 e. The Morgan fingerprint density at radius 3 is 2.68 bits per heavy atom. The fourth-order valence-corrected chi connectivity index (χ4v) is 3.44. The number of rotatable bonds is 5. The zero-order valence-electron chi connectivity index (χ0n) is 15.3. The lowest BCUT2D eigenvalue weighted by Crippen LogP contribution is -2.40. The van der Waals surface area contributed by atoms with Crippen molar-refractivity contribution in [3.8, 4) is 11.8 Å². The molecule has 1 aliphatic rings. The van der Waals surface area contributed by atoms with Gasteiger partial charge in [-0.05, 0) is 25.0 Å². The molecule has 3 heterocycles. The minimum absolute atomic E-state index is 0.159. The first kappa shape index (κ1) is 17.9. The number of aromatic nitrogens is 5. The molecule has 28 heavy (non-hydrogen) atoms. The lowest BCUT2D eigenvalue weighted by molar-refractivity contribution is -0.117. The van der Waals surface area contributed by atoms with E-state index >= 15 is 0 Å². The van der Waals surface area contributed by atoms with Crippen LogP contribution in [0, 0.1) is 11.3 Å². The van der Waals surface area contributed by atoms with Gasteiger partial charge in [0.05, 0.1) is 24.5 Å². The molecule has 0 unspecified atom stereocenters. The van der Waals surface area contributed by atoms with Crippen LogP contribution in [0.5, 0.6) is 0 Å². The number of nitrogens with one attached hydrogen (secondary N) is 1. The van der Waals surface area contributed by atoms with E-state index in [-0.39, 0.29) is 12.5 Å². The summed E-state index contributed by atoms with van der Waals surface area (Å²) in [5, 5.41) is 20.7. The normalized spacial score (nSPS) is 15.2. The van der Waals surface area contributed by atoms with Crippen LogP contribution in [0.3, 0.4) is 0 Å². The molecule has 1 N–H and O–H groups in total. The molecule has 1 amide bonds. The molecule has 0 spiro atoms. The van der Waals surface area contributed by atoms with Crippen LogP contribution >= 0.6 is 0 Å². The summed E-state index contributed by atoms with van der Waals surface area (Å²) in [6.07, 6.45) is 6.58. The molecule has 0 atom stereocenters. The van der Waals surface area contributed by atoms with E-state index in [2.05, 4.69) is 31.5 Å². The van der Waals surface area contributed by atoms with Crippen molar-refractivity contribution in [2.24, 2.45) is 0 Å². The van der Waals surface area contributed by atoms with E-state index in [0.717, 1.165) is 31.6 Å². The largest absolute Gasteiger partial charge is 0.308 e. The number of para-hydroxylation sites is 1. The Balaban J connectivity index is 1.40. The number of carbonyl (C=O) groups is 1. The van der Waals surface area contributed by atoms with Crippen molar-refractivity contribution in [1.29, 1.82) is 5.26 Å². The van der Waals surface area contributed by atoms with Gasteiger partial charge in [-0.15, -0.1) is 0 Å². The molecule has 142 valence electrons. The summed E-state index contributed by atoms with van der Waals surface area (Å²) < 4.78 is 3.46. The van der Waals surface area contributed by atoms with Crippen molar-refractivity contribution in [2.75, 3.05) is 25.0 Å². The van der Waals surface area contributed by atoms with Crippen LogP contribution < -0.4 is 5.32 Å². The third kappa shape index (κ3) is 3.77. The number of nitriles is 1. The molecule has 4 rings (SSSR count). The first-order valence-corrected chi connectivity index (χ1v) is 9.14. The van der Waals surface area contributed by atoms with Gasteiger partial charge in [-0.1, -0.05) is 18.2 Å². The molecule has 1 fully saturated rings. The van der Waals surface area contributed by atoms with Crippen molar-refractivity contribution < 1.29 is 4.79 Å². The highest BCUT2D eigenvalue weighted by atomic mass is 16.2. The van der Waals surface area contributed by atoms with Crippen molar-refractivity contribution >= 4 is 11.7 Å². The summed E-state index contributed by atoms with van der Waals surface area (Å²) in [5.41, 5.74) is 1.12. The first-order valence-electron chi connectivity index (χ1n) is 9.14. The second kappa shape index (κ2) is 8.02. The lowest BCUT2D eigenvalue weighted by atomic mass is 10.1. The fraction of sp³-hybridized carbons (Fsp3) is 0.316. The summed E-state index contributed by atoms with van der Waals surface area (Å²) in [4.78, 5) is 18.7. The Kier molecular flexibility index (Phi) is 5.12. The molecule has 1 saturated heterocycles. The van der Waals surface area contributed by atoms with Crippen LogP contribution in [-0.2, 0) is 4.79 Å². The van der Waals surface area contributed by atoms with Crippen LogP contribution in [0.25, 0.3) is 5.69 Å². The molecule has 1 aliphatic heterocycles. The van der Waals surface area contributed by atoms with Crippen LogP contribution in [0.15, 0.2) is 49.2 Å². The highest BCUT2D eigenvalue weighted by Crippen LogP contribution is 2.22. The molecular weight excluding hydrogens is 356 g/mol. The minimum atomic E-state index is -0.159. The molecular formula is C19H20N8O. The highest BCUT2D eigenvalue weighted by molar-refractivity contribution is 5.92. The maximum absolute atomic E-state index is 12.6. The Morgan fingerprint density at radius 1 is 1.21 bits per heavy atom. The topological polar surface area (TPSA) is 105 Å². The third-order valence-corrected chi connectivity index (χ3v) is 4.88. The number of hydrogen-bond acceptors (Lipinski definition) is 6. The number of anilines is 1. The molecule has 0 bridgehead atoms. The van der Waals surface area contributed by atoms with E-state index in [1.54, 1.807) is 17.3 Å². The summed E-state index contributed by atoms with van der Waals surface area (Å²) in [6, 6.07) is 11.8. The lowest BCUT2D eigenvalue weighted by Gasteiger charge is -2.31. The zero-order valence-corrected chi connectivity index (χ0v) is 15.3. The molecule has 3 aromatic rings. The van der Waals surface area contributed by atoms with Gasteiger partial charge in [0.1, 0.15) is 24.3 Å². The molecule has 0 aliphatic carbocycles. The van der Waals surface area contributed by atoms with Gasteiger partial charge >= 0.3 is 0 Å². The van der Waals surface area contributed by atoms with E-state index in [4.69, 9.17) is 0 Å². The van der Waals surface area contributed by atoms with Crippen LogP contribution in [0.1, 0.15) is 24.4 Å². The number of piperidine rings is 1. The van der Waals surface area contributed by atoms with Crippen LogP contribution in [0.4, 0.5) is 5.82 Å². The summed E-state index contributed by atoms with van der Waals surface area (Å²) in [6.45, 7) is 1.89. The minimum Gasteiger partial charge on any atom is -0.308 e. The molecule has 0 saturated carbocycles. The van der Waals surface area contributed by atoms with Gasteiger partial charge in [0.25, 0.3) is 0 Å². The number of hydrogen-bond donors (Lipinski definition) is 1. The SMILES string of the molecule is N#Cc1cnn(-c2ccccc2)c1NC(=O)CN1CCC(n2cncn2)CC1. The molecule has 9 heteroatoms. The first-order chi connectivity index (χ1) is 13.7. The number of benzene rings is 1. The van der Waals surface area contributed by atoms with Crippen molar-refractivity contribution in [3.63, 3.8) is 0 Å². The van der Waals surface area contributed by atoms with E-state index in [1.165, 1.54) is 6.20 Å². The second-order valence-electron chi connectivity index (χ2n) is 6.70. The number of amides is 1. The Morgan fingerprint density at radius 2 is 2.00 bits per heavy atom. The summed E-state index contributed by atoms with van der Waals surface area (Å²) in [5.74, 6) is 0.240. The number of carbonyl (C=O) groups excluding carboxylic acids is 1. The van der Waals surface area contributed by atoms with E-state index in [1.807, 2.05) is 35.0 Å². The van der Waals surface area contributed by atoms with E-state index in [0.29, 0.717) is 17.4 Å². The van der Waals surface area contributed by atoms with Crippen LogP contribution in [0.2, 0.25) is 0 Å². The molecule has 2 aromatic heterocycles. The maximum atomic E-state index is 12.6. The van der Waals surface area contributed by atoms with Gasteiger partial charge in [0, 0.05) is 13.1 Å². The van der Waals surface area contributed by atoms with Gasteiger partial charge in [-0.3, -0.25) is 9.69 Å². The summed E-state index contributed by atoms with van der Waals surface area (Å²) >= 11 is 0. The highest BCUT2D eigenvalue weighted by Gasteiger charge is 2.23. The van der Waals surface area contributed by atoms with Gasteiger partial charge < -0.3 is 5.32 Å². The molecule has 9 nitrogen and oxygen atoms in total. The van der Waals surface area contributed by atoms with Gasteiger partial charge in [-0.2, -0.15) is 15.5 Å². The average molecular weight is 376 g/mol. The zero-order chi connectivity index (χ0) is 19.3. The van der Waals surface area contributed by atoms with Crippen molar-refractivity contribution in [2.45, 2.75) is 18.9 Å². The van der Waals surface area contributed by atoms with E-state index < -0.39 is 0 Å². The molecule has 1 aromatic carbocycles. The number of nitrogens with zero attached hydrogens (tertiary/aromatic N) is 7. The van der Waals surface area contributed by atoms with Crippen molar-refractivity contribution in [1.82, 2.24) is 29.4 Å². The average Bonchev–Trinajstić information content (AvgIpc) is 3.39. The third-order valence-electron chi connectivity index (χ3n) is 4.88. The second-order valence-corrected chi connectivity index (χ2v) is 6.70. The molecule has 0 radical (unpaired) electrons. The number of likely N-dealkylation sites (tertiary alicyclic amines) is 1. The predicted molar refractivity (Wildman–Crippen MR) is 102 cm³/mol. The predicted octanol–water partition coefficient (Wildman–Crippen LogP) is 1.61. The Labute approximate surface area is 162 Å². The van der Waals surface area contributed by atoms with Gasteiger partial charge in [0.2, 0.25) is 5.91 Å². The Bertz CT molecular complexity index is 965. The van der Waals surface area contributed by atoms with Gasteiger partial charge in [-0.25, -0.2) is 14.3 Å². The fourth-order valence-electron chi connectivity index (χ4n) is 3.44.